The quantitative estimate of drug-likeness (QED) is 0.725. The zero-order valence-electron chi connectivity index (χ0n) is 9.60. The van der Waals surface area contributed by atoms with Crippen molar-refractivity contribution in [2.75, 3.05) is 0 Å². The summed E-state index contributed by atoms with van der Waals surface area (Å²) in [5.41, 5.74) is 3.50. The zero-order valence-corrected chi connectivity index (χ0v) is 12.0. The molecule has 2 aromatic rings. The molecule has 1 unspecified atom stereocenters. The summed E-state index contributed by atoms with van der Waals surface area (Å²) in [6.07, 6.45) is 1.05. The van der Waals surface area contributed by atoms with E-state index < -0.39 is 0 Å². The smallest absolute Gasteiger partial charge is 0.131 e. The van der Waals surface area contributed by atoms with E-state index in [2.05, 4.69) is 40.2 Å². The summed E-state index contributed by atoms with van der Waals surface area (Å²) < 4.78 is 1.02. The molecule has 1 aliphatic rings. The Hall–Kier alpha value is -1.06. The van der Waals surface area contributed by atoms with E-state index in [4.69, 9.17) is 0 Å². The Labute approximate surface area is 119 Å². The standard InChI is InChI=1S/C15H11BrOS/c16-11-5-6-15-13(7-11)14(8-17)12-4-2-1-3-10(12)9-18-15/h1-8,14H,9H2. The molecule has 2 aromatic carbocycles. The minimum atomic E-state index is -0.149. The van der Waals surface area contributed by atoms with Crippen LogP contribution in [0.3, 0.4) is 0 Å². The van der Waals surface area contributed by atoms with Crippen LogP contribution in [0.4, 0.5) is 0 Å². The predicted molar refractivity (Wildman–Crippen MR) is 78.1 cm³/mol. The van der Waals surface area contributed by atoms with Gasteiger partial charge in [0, 0.05) is 15.1 Å². The molecular weight excluding hydrogens is 308 g/mol. The maximum Gasteiger partial charge on any atom is 0.131 e. The van der Waals surface area contributed by atoms with Gasteiger partial charge in [-0.2, -0.15) is 0 Å². The molecular formula is C15H11BrOS. The predicted octanol–water partition coefficient (Wildman–Crippen LogP) is 4.39. The SMILES string of the molecule is O=CC1c2ccccc2CSc2ccc(Br)cc21. The Morgan fingerprint density at radius 3 is 2.83 bits per heavy atom. The highest BCUT2D eigenvalue weighted by Crippen LogP contribution is 2.40. The van der Waals surface area contributed by atoms with Crippen LogP contribution in [0.1, 0.15) is 22.6 Å². The van der Waals surface area contributed by atoms with Gasteiger partial charge >= 0.3 is 0 Å². The van der Waals surface area contributed by atoms with Crippen LogP contribution in [0.15, 0.2) is 51.8 Å². The average Bonchev–Trinajstić information content (AvgIpc) is 2.54. The highest BCUT2D eigenvalue weighted by atomic mass is 79.9. The molecule has 0 saturated carbocycles. The van der Waals surface area contributed by atoms with Gasteiger partial charge in [0.2, 0.25) is 0 Å². The van der Waals surface area contributed by atoms with E-state index in [9.17, 15) is 4.79 Å². The monoisotopic (exact) mass is 318 g/mol. The normalized spacial score (nSPS) is 17.5. The molecule has 0 spiro atoms. The van der Waals surface area contributed by atoms with Crippen LogP contribution in [0, 0.1) is 0 Å². The van der Waals surface area contributed by atoms with Crippen molar-refractivity contribution in [3.63, 3.8) is 0 Å². The van der Waals surface area contributed by atoms with E-state index in [1.807, 2.05) is 18.2 Å². The third kappa shape index (κ3) is 2.02. The molecule has 1 atom stereocenters. The molecule has 0 fully saturated rings. The number of carbonyl (C=O) groups excluding carboxylic acids is 1. The largest absolute Gasteiger partial charge is 0.302 e. The molecule has 1 aliphatic heterocycles. The first-order chi connectivity index (χ1) is 8.79. The number of benzene rings is 2. The third-order valence-corrected chi connectivity index (χ3v) is 4.85. The van der Waals surface area contributed by atoms with Crippen LogP contribution in [-0.2, 0) is 10.5 Å². The van der Waals surface area contributed by atoms with E-state index in [-0.39, 0.29) is 5.92 Å². The molecule has 0 N–H and O–H groups in total. The van der Waals surface area contributed by atoms with Gasteiger partial charge in [-0.15, -0.1) is 11.8 Å². The number of hydrogen-bond donors (Lipinski definition) is 0. The first kappa shape index (κ1) is 12.0. The Balaban J connectivity index is 2.23. The lowest BCUT2D eigenvalue weighted by atomic mass is 9.90. The first-order valence-electron chi connectivity index (χ1n) is 5.75. The highest BCUT2D eigenvalue weighted by Gasteiger charge is 2.23. The summed E-state index contributed by atoms with van der Waals surface area (Å²) in [4.78, 5) is 12.7. The van der Waals surface area contributed by atoms with Gasteiger partial charge in [-0.1, -0.05) is 40.2 Å². The van der Waals surface area contributed by atoms with Crippen molar-refractivity contribution in [3.8, 4) is 0 Å². The molecule has 1 nitrogen and oxygen atoms in total. The molecule has 90 valence electrons. The minimum absolute atomic E-state index is 0.149. The fourth-order valence-electron chi connectivity index (χ4n) is 2.33. The third-order valence-electron chi connectivity index (χ3n) is 3.22. The Morgan fingerprint density at radius 2 is 2.00 bits per heavy atom. The van der Waals surface area contributed by atoms with Gasteiger partial charge < -0.3 is 4.79 Å². The fraction of sp³-hybridized carbons (Fsp3) is 0.133. The second kappa shape index (κ2) is 4.90. The highest BCUT2D eigenvalue weighted by molar-refractivity contribution is 9.10. The van der Waals surface area contributed by atoms with Gasteiger partial charge in [-0.3, -0.25) is 0 Å². The van der Waals surface area contributed by atoms with Crippen LogP contribution in [0.5, 0.6) is 0 Å². The van der Waals surface area contributed by atoms with Gasteiger partial charge in [0.05, 0.1) is 5.92 Å². The van der Waals surface area contributed by atoms with Crippen LogP contribution in [0.2, 0.25) is 0 Å². The second-order valence-corrected chi connectivity index (χ2v) is 6.22. The first-order valence-corrected chi connectivity index (χ1v) is 7.53. The van der Waals surface area contributed by atoms with E-state index in [0.717, 1.165) is 27.6 Å². The van der Waals surface area contributed by atoms with Crippen molar-refractivity contribution < 1.29 is 4.79 Å². The fourth-order valence-corrected chi connectivity index (χ4v) is 3.80. The summed E-state index contributed by atoms with van der Waals surface area (Å²) in [6.45, 7) is 0. The molecule has 0 aliphatic carbocycles. The van der Waals surface area contributed by atoms with Crippen LogP contribution in [-0.4, -0.2) is 6.29 Å². The van der Waals surface area contributed by atoms with Crippen LogP contribution in [0.25, 0.3) is 0 Å². The molecule has 18 heavy (non-hydrogen) atoms. The number of hydrogen-bond acceptors (Lipinski definition) is 2. The average molecular weight is 319 g/mol. The molecule has 0 radical (unpaired) electrons. The molecule has 0 saturated heterocycles. The van der Waals surface area contributed by atoms with Crippen molar-refractivity contribution in [1.82, 2.24) is 0 Å². The van der Waals surface area contributed by atoms with Crippen molar-refractivity contribution >= 4 is 34.0 Å². The van der Waals surface area contributed by atoms with Crippen LogP contribution < -0.4 is 0 Å². The molecule has 3 rings (SSSR count). The second-order valence-electron chi connectivity index (χ2n) is 4.28. The summed E-state index contributed by atoms with van der Waals surface area (Å²) in [7, 11) is 0. The Kier molecular flexibility index (Phi) is 3.27. The lowest BCUT2D eigenvalue weighted by Gasteiger charge is -2.13. The summed E-state index contributed by atoms with van der Waals surface area (Å²) >= 11 is 5.29. The molecule has 0 aromatic heterocycles. The Bertz CT molecular complexity index is 609. The molecule has 0 bridgehead atoms. The Morgan fingerprint density at radius 1 is 1.17 bits per heavy atom. The number of aldehydes is 1. The summed E-state index contributed by atoms with van der Waals surface area (Å²) in [5.74, 6) is 0.776. The van der Waals surface area contributed by atoms with E-state index in [0.29, 0.717) is 0 Å². The lowest BCUT2D eigenvalue weighted by Crippen LogP contribution is -2.04. The van der Waals surface area contributed by atoms with Gasteiger partial charge in [0.25, 0.3) is 0 Å². The van der Waals surface area contributed by atoms with Gasteiger partial charge in [0.1, 0.15) is 6.29 Å². The van der Waals surface area contributed by atoms with E-state index in [1.54, 1.807) is 11.8 Å². The number of fused-ring (bicyclic) bond motifs is 2. The molecule has 1 heterocycles. The molecule has 3 heteroatoms. The maximum atomic E-state index is 11.5. The van der Waals surface area contributed by atoms with E-state index in [1.165, 1.54) is 10.5 Å². The number of halogens is 1. The number of carbonyl (C=O) groups is 1. The van der Waals surface area contributed by atoms with Gasteiger partial charge in [0.15, 0.2) is 0 Å². The van der Waals surface area contributed by atoms with Crippen molar-refractivity contribution in [1.29, 1.82) is 0 Å². The van der Waals surface area contributed by atoms with Crippen molar-refractivity contribution in [2.45, 2.75) is 16.6 Å². The zero-order chi connectivity index (χ0) is 12.5. The van der Waals surface area contributed by atoms with Gasteiger partial charge in [-0.25, -0.2) is 0 Å². The van der Waals surface area contributed by atoms with Crippen molar-refractivity contribution in [3.05, 3.63) is 63.6 Å². The number of rotatable bonds is 1. The van der Waals surface area contributed by atoms with Gasteiger partial charge in [-0.05, 0) is 34.9 Å². The van der Waals surface area contributed by atoms with Crippen molar-refractivity contribution in [2.24, 2.45) is 0 Å². The summed E-state index contributed by atoms with van der Waals surface area (Å²) in [6, 6.07) is 14.4. The number of thioether (sulfide) groups is 1. The summed E-state index contributed by atoms with van der Waals surface area (Å²) in [5, 5.41) is 0. The maximum absolute atomic E-state index is 11.5. The minimum Gasteiger partial charge on any atom is -0.302 e. The lowest BCUT2D eigenvalue weighted by molar-refractivity contribution is -0.108. The van der Waals surface area contributed by atoms with E-state index >= 15 is 0 Å². The topological polar surface area (TPSA) is 17.1 Å². The molecule has 0 amide bonds. The van der Waals surface area contributed by atoms with Crippen LogP contribution >= 0.6 is 27.7 Å².